The Morgan fingerprint density at radius 2 is 1.09 bits per heavy atom. The van der Waals surface area contributed by atoms with Gasteiger partial charge in [0.05, 0.1) is 0 Å². The van der Waals surface area contributed by atoms with Gasteiger partial charge >= 0.3 is 0 Å². The van der Waals surface area contributed by atoms with Gasteiger partial charge in [-0.25, -0.2) is 0 Å². The molecule has 0 saturated heterocycles. The van der Waals surface area contributed by atoms with Crippen LogP contribution in [0.2, 0.25) is 0 Å². The highest BCUT2D eigenvalue weighted by atomic mass is 16.3. The van der Waals surface area contributed by atoms with E-state index in [0.29, 0.717) is 11.5 Å². The van der Waals surface area contributed by atoms with Crippen LogP contribution in [-0.4, -0.2) is 10.2 Å². The van der Waals surface area contributed by atoms with Crippen LogP contribution in [0.15, 0.2) is 36.4 Å². The molecular weight excluding hydrogens is 272 g/mol. The average Bonchev–Trinajstić information content (AvgIpc) is 2.52. The molecule has 2 heteroatoms. The molecule has 0 unspecified atom stereocenters. The van der Waals surface area contributed by atoms with Crippen molar-refractivity contribution in [3.8, 4) is 22.6 Å². The van der Waals surface area contributed by atoms with Gasteiger partial charge in [-0.3, -0.25) is 0 Å². The van der Waals surface area contributed by atoms with E-state index in [9.17, 15) is 10.2 Å². The lowest BCUT2D eigenvalue weighted by Crippen LogP contribution is -1.89. The molecule has 0 heterocycles. The van der Waals surface area contributed by atoms with E-state index in [-0.39, 0.29) is 0 Å². The lowest BCUT2D eigenvalue weighted by atomic mass is 9.98. The Kier molecular flexibility index (Phi) is 5.88. The molecule has 0 amide bonds. The maximum atomic E-state index is 10.2. The summed E-state index contributed by atoms with van der Waals surface area (Å²) in [5.74, 6) is 0.695. The van der Waals surface area contributed by atoms with Gasteiger partial charge in [0.1, 0.15) is 11.5 Å². The molecule has 22 heavy (non-hydrogen) atoms. The summed E-state index contributed by atoms with van der Waals surface area (Å²) in [5.41, 5.74) is 3.87. The monoisotopic (exact) mass is 298 g/mol. The van der Waals surface area contributed by atoms with E-state index in [4.69, 9.17) is 0 Å². The van der Waals surface area contributed by atoms with E-state index in [2.05, 4.69) is 13.8 Å². The molecule has 2 aromatic carbocycles. The molecule has 0 aliphatic heterocycles. The number of aryl methyl sites for hydroxylation is 2. The molecule has 118 valence electrons. The Labute approximate surface area is 133 Å². The lowest BCUT2D eigenvalue weighted by molar-refractivity contribution is 0.466. The molecule has 0 radical (unpaired) electrons. The Morgan fingerprint density at radius 1 is 0.682 bits per heavy atom. The highest BCUT2D eigenvalue weighted by Gasteiger charge is 2.07. The molecule has 0 fully saturated rings. The van der Waals surface area contributed by atoms with Gasteiger partial charge in [-0.1, -0.05) is 51.0 Å². The third kappa shape index (κ3) is 4.03. The molecule has 0 saturated carbocycles. The minimum absolute atomic E-state index is 0.348. The second kappa shape index (κ2) is 7.88. The van der Waals surface area contributed by atoms with Gasteiger partial charge in [0.2, 0.25) is 0 Å². The zero-order valence-electron chi connectivity index (χ0n) is 13.6. The summed E-state index contributed by atoms with van der Waals surface area (Å²) in [6.07, 6.45) is 6.22. The van der Waals surface area contributed by atoms with Crippen LogP contribution in [0.25, 0.3) is 11.1 Å². The first kappa shape index (κ1) is 16.4. The van der Waals surface area contributed by atoms with Crippen LogP contribution in [-0.2, 0) is 12.8 Å². The number of unbranched alkanes of at least 4 members (excludes halogenated alkanes) is 2. The van der Waals surface area contributed by atoms with Crippen molar-refractivity contribution in [2.24, 2.45) is 0 Å². The van der Waals surface area contributed by atoms with Crippen LogP contribution in [0, 0.1) is 0 Å². The molecule has 2 aromatic rings. The largest absolute Gasteiger partial charge is 0.508 e. The summed E-state index contributed by atoms with van der Waals surface area (Å²) in [5, 5.41) is 20.3. The molecule has 0 bridgehead atoms. The summed E-state index contributed by atoms with van der Waals surface area (Å²) in [7, 11) is 0. The summed E-state index contributed by atoms with van der Waals surface area (Å²) in [6, 6.07) is 11.6. The molecule has 2 rings (SSSR count). The van der Waals surface area contributed by atoms with E-state index in [1.807, 2.05) is 24.3 Å². The van der Waals surface area contributed by atoms with Crippen LogP contribution in [0.4, 0.5) is 0 Å². The predicted octanol–water partition coefficient (Wildman–Crippen LogP) is 5.45. The van der Waals surface area contributed by atoms with Gasteiger partial charge in [0, 0.05) is 0 Å². The number of aromatic hydroxyl groups is 2. The highest BCUT2D eigenvalue weighted by molar-refractivity contribution is 5.68. The van der Waals surface area contributed by atoms with Crippen molar-refractivity contribution in [2.75, 3.05) is 0 Å². The fourth-order valence-corrected chi connectivity index (χ4v) is 2.64. The predicted molar refractivity (Wildman–Crippen MR) is 92.4 cm³/mol. The van der Waals surface area contributed by atoms with Crippen molar-refractivity contribution in [2.45, 2.75) is 52.4 Å². The summed E-state index contributed by atoms with van der Waals surface area (Å²) in [6.45, 7) is 4.29. The Bertz CT molecular complexity index is 562. The van der Waals surface area contributed by atoms with Gasteiger partial charge in [-0.2, -0.15) is 0 Å². The maximum Gasteiger partial charge on any atom is 0.119 e. The van der Waals surface area contributed by atoms with Crippen molar-refractivity contribution >= 4 is 0 Å². The lowest BCUT2D eigenvalue weighted by Gasteiger charge is -2.10. The van der Waals surface area contributed by atoms with Crippen molar-refractivity contribution in [1.29, 1.82) is 0 Å². The molecule has 0 aliphatic carbocycles. The number of phenols is 2. The first-order valence-electron chi connectivity index (χ1n) is 8.29. The van der Waals surface area contributed by atoms with Gasteiger partial charge < -0.3 is 10.2 Å². The van der Waals surface area contributed by atoms with Crippen LogP contribution in [0.5, 0.6) is 11.5 Å². The first-order valence-corrected chi connectivity index (χ1v) is 8.29. The van der Waals surface area contributed by atoms with Crippen LogP contribution in [0.1, 0.15) is 50.7 Å². The third-order valence-electron chi connectivity index (χ3n) is 4.10. The molecule has 0 spiro atoms. The van der Waals surface area contributed by atoms with E-state index in [1.54, 1.807) is 12.1 Å². The topological polar surface area (TPSA) is 40.5 Å². The van der Waals surface area contributed by atoms with Gasteiger partial charge in [-0.05, 0) is 60.1 Å². The summed E-state index contributed by atoms with van der Waals surface area (Å²) >= 11 is 0. The van der Waals surface area contributed by atoms with E-state index >= 15 is 0 Å². The van der Waals surface area contributed by atoms with Gasteiger partial charge in [-0.15, -0.1) is 0 Å². The normalized spacial score (nSPS) is 10.8. The smallest absolute Gasteiger partial charge is 0.119 e. The van der Waals surface area contributed by atoms with Crippen molar-refractivity contribution in [3.05, 3.63) is 47.5 Å². The third-order valence-corrected chi connectivity index (χ3v) is 4.10. The number of rotatable bonds is 7. The molecule has 2 nitrogen and oxygen atoms in total. The zero-order valence-corrected chi connectivity index (χ0v) is 13.6. The molecular formula is C20H26O2. The van der Waals surface area contributed by atoms with Crippen LogP contribution >= 0.6 is 0 Å². The Morgan fingerprint density at radius 3 is 1.41 bits per heavy atom. The SMILES string of the molecule is CCCCc1ccc(-c2ccc(CCCC)c(O)c2)cc1O. The second-order valence-corrected chi connectivity index (χ2v) is 5.89. The van der Waals surface area contributed by atoms with E-state index in [1.165, 1.54) is 0 Å². The van der Waals surface area contributed by atoms with Crippen molar-refractivity contribution in [1.82, 2.24) is 0 Å². The number of phenolic OH excluding ortho intramolecular Hbond substituents is 2. The zero-order chi connectivity index (χ0) is 15.9. The number of benzene rings is 2. The molecule has 0 aliphatic rings. The Hall–Kier alpha value is -1.96. The summed E-state index contributed by atoms with van der Waals surface area (Å²) < 4.78 is 0. The minimum Gasteiger partial charge on any atom is -0.508 e. The maximum absolute atomic E-state index is 10.2. The number of hydrogen-bond donors (Lipinski definition) is 2. The standard InChI is InChI=1S/C20H26O2/c1-3-5-7-15-9-11-17(13-19(15)21)18-12-10-16(8-6-4-2)20(22)14-18/h9-14,21-22H,3-8H2,1-2H3. The minimum atomic E-state index is 0.348. The van der Waals surface area contributed by atoms with Gasteiger partial charge in [0.25, 0.3) is 0 Å². The van der Waals surface area contributed by atoms with E-state index in [0.717, 1.165) is 60.8 Å². The first-order chi connectivity index (χ1) is 10.7. The Balaban J connectivity index is 2.21. The average molecular weight is 298 g/mol. The molecule has 0 aromatic heterocycles. The van der Waals surface area contributed by atoms with Crippen molar-refractivity contribution < 1.29 is 10.2 Å². The van der Waals surface area contributed by atoms with Crippen molar-refractivity contribution in [3.63, 3.8) is 0 Å². The fourth-order valence-electron chi connectivity index (χ4n) is 2.64. The van der Waals surface area contributed by atoms with E-state index < -0.39 is 0 Å². The fraction of sp³-hybridized carbons (Fsp3) is 0.400. The molecule has 2 N–H and O–H groups in total. The van der Waals surface area contributed by atoms with Crippen LogP contribution in [0.3, 0.4) is 0 Å². The summed E-state index contributed by atoms with van der Waals surface area (Å²) in [4.78, 5) is 0. The highest BCUT2D eigenvalue weighted by Crippen LogP contribution is 2.31. The second-order valence-electron chi connectivity index (χ2n) is 5.89. The number of hydrogen-bond acceptors (Lipinski definition) is 2. The quantitative estimate of drug-likeness (QED) is 0.713. The molecule has 0 atom stereocenters. The van der Waals surface area contributed by atoms with Crippen LogP contribution < -0.4 is 0 Å². The van der Waals surface area contributed by atoms with Gasteiger partial charge in [0.15, 0.2) is 0 Å².